The quantitative estimate of drug-likeness (QED) is 0.699. The smallest absolute Gasteiger partial charge is 0.236 e. The van der Waals surface area contributed by atoms with Crippen molar-refractivity contribution in [1.29, 1.82) is 0 Å². The van der Waals surface area contributed by atoms with Crippen LogP contribution >= 0.6 is 0 Å². The molecule has 1 aliphatic carbocycles. The summed E-state index contributed by atoms with van der Waals surface area (Å²) in [6.45, 7) is 11.9. The highest BCUT2D eigenvalue weighted by Gasteiger charge is 2.44. The molecule has 2 bridgehead atoms. The Morgan fingerprint density at radius 2 is 2.00 bits per heavy atom. The molecule has 1 aliphatic heterocycles. The molecule has 1 aromatic carbocycles. The van der Waals surface area contributed by atoms with Gasteiger partial charge in [-0.2, -0.15) is 0 Å². The van der Waals surface area contributed by atoms with Gasteiger partial charge < -0.3 is 15.4 Å². The molecule has 6 nitrogen and oxygen atoms in total. The standard InChI is InChI=1S/C25H36N4O2/c1-15-8-16(2)10-19(9-15)22-21(17(3)12-26)23(28-27-22)31-14-25(4,5)24(30)29-13-18-6-7-20(29)11-18/h8-10,17-18,20H,6-7,11-14,26H2,1-5H3,(H,27,28)/t17-,18?,20?/m1/s1. The van der Waals surface area contributed by atoms with E-state index in [1.165, 1.54) is 24.0 Å². The highest BCUT2D eigenvalue weighted by molar-refractivity contribution is 5.83. The van der Waals surface area contributed by atoms with Crippen LogP contribution in [-0.4, -0.2) is 46.7 Å². The minimum Gasteiger partial charge on any atom is -0.475 e. The van der Waals surface area contributed by atoms with Gasteiger partial charge >= 0.3 is 0 Å². The van der Waals surface area contributed by atoms with Gasteiger partial charge in [-0.3, -0.25) is 9.89 Å². The van der Waals surface area contributed by atoms with Crippen LogP contribution in [0.1, 0.15) is 62.6 Å². The van der Waals surface area contributed by atoms with Crippen molar-refractivity contribution >= 4 is 5.91 Å². The van der Waals surface area contributed by atoms with Gasteiger partial charge in [-0.05, 0) is 71.6 Å². The zero-order valence-corrected chi connectivity index (χ0v) is 19.5. The molecular formula is C25H36N4O2. The summed E-state index contributed by atoms with van der Waals surface area (Å²) in [5.41, 5.74) is 10.8. The average molecular weight is 425 g/mol. The van der Waals surface area contributed by atoms with Gasteiger partial charge in [0.2, 0.25) is 11.8 Å². The third-order valence-electron chi connectivity index (χ3n) is 6.94. The Morgan fingerprint density at radius 1 is 1.29 bits per heavy atom. The van der Waals surface area contributed by atoms with Crippen LogP contribution in [0.15, 0.2) is 18.2 Å². The number of carbonyl (C=O) groups is 1. The average Bonchev–Trinajstić information content (AvgIpc) is 3.45. The second-order valence-electron chi connectivity index (χ2n) is 10.3. The van der Waals surface area contributed by atoms with Gasteiger partial charge in [0, 0.05) is 29.6 Å². The van der Waals surface area contributed by atoms with Crippen LogP contribution in [0.3, 0.4) is 0 Å². The molecule has 31 heavy (non-hydrogen) atoms. The number of H-pyrrole nitrogens is 1. The van der Waals surface area contributed by atoms with Crippen molar-refractivity contribution in [3.8, 4) is 17.1 Å². The summed E-state index contributed by atoms with van der Waals surface area (Å²) in [4.78, 5) is 15.3. The minimum absolute atomic E-state index is 0.0812. The summed E-state index contributed by atoms with van der Waals surface area (Å²) >= 11 is 0. The first-order chi connectivity index (χ1) is 14.7. The molecule has 1 amide bonds. The molecule has 4 rings (SSSR count). The molecule has 2 fully saturated rings. The largest absolute Gasteiger partial charge is 0.475 e. The van der Waals surface area contributed by atoms with E-state index in [2.05, 4.69) is 54.1 Å². The normalized spacial score (nSPS) is 21.5. The number of carbonyl (C=O) groups excluding carboxylic acids is 1. The molecule has 1 aromatic heterocycles. The van der Waals surface area contributed by atoms with E-state index in [4.69, 9.17) is 10.5 Å². The number of nitrogens with two attached hydrogens (primary N) is 1. The van der Waals surface area contributed by atoms with Gasteiger partial charge in [-0.15, -0.1) is 5.10 Å². The van der Waals surface area contributed by atoms with E-state index in [1.54, 1.807) is 0 Å². The van der Waals surface area contributed by atoms with Crippen molar-refractivity contribution in [3.63, 3.8) is 0 Å². The maximum absolute atomic E-state index is 13.3. The van der Waals surface area contributed by atoms with Crippen LogP contribution < -0.4 is 10.5 Å². The Hall–Kier alpha value is -2.34. The molecular weight excluding hydrogens is 388 g/mol. The number of rotatable bonds is 7. The number of amides is 1. The lowest BCUT2D eigenvalue weighted by Gasteiger charge is -2.34. The van der Waals surface area contributed by atoms with Crippen molar-refractivity contribution in [1.82, 2.24) is 15.1 Å². The summed E-state index contributed by atoms with van der Waals surface area (Å²) in [7, 11) is 0. The zero-order chi connectivity index (χ0) is 22.3. The van der Waals surface area contributed by atoms with E-state index in [1.807, 2.05) is 13.8 Å². The number of aromatic nitrogens is 2. The van der Waals surface area contributed by atoms with Crippen LogP contribution in [-0.2, 0) is 4.79 Å². The molecule has 168 valence electrons. The Bertz CT molecular complexity index is 944. The highest BCUT2D eigenvalue weighted by atomic mass is 16.5. The number of hydrogen-bond donors (Lipinski definition) is 2. The Kier molecular flexibility index (Phi) is 5.86. The molecule has 2 unspecified atom stereocenters. The first kappa shape index (κ1) is 21.9. The first-order valence-electron chi connectivity index (χ1n) is 11.5. The predicted octanol–water partition coefficient (Wildman–Crippen LogP) is 4.17. The van der Waals surface area contributed by atoms with Crippen molar-refractivity contribution in [2.75, 3.05) is 19.7 Å². The van der Waals surface area contributed by atoms with Gasteiger partial charge in [0.05, 0.1) is 11.1 Å². The van der Waals surface area contributed by atoms with E-state index in [0.717, 1.165) is 29.8 Å². The maximum atomic E-state index is 13.3. The molecule has 6 heteroatoms. The molecule has 1 saturated carbocycles. The lowest BCUT2D eigenvalue weighted by atomic mass is 9.91. The van der Waals surface area contributed by atoms with Crippen LogP contribution in [0, 0.1) is 25.2 Å². The Morgan fingerprint density at radius 3 is 2.58 bits per heavy atom. The SMILES string of the molecule is Cc1cc(C)cc(-c2[nH]nc(OCC(C)(C)C(=O)N3CC4CCC3C4)c2[C@H](C)CN)c1. The van der Waals surface area contributed by atoms with Crippen molar-refractivity contribution < 1.29 is 9.53 Å². The number of nitrogens with one attached hydrogen (secondary N) is 1. The first-order valence-corrected chi connectivity index (χ1v) is 11.5. The van der Waals surface area contributed by atoms with Crippen LogP contribution in [0.2, 0.25) is 0 Å². The Labute approximate surface area is 185 Å². The number of aryl methyl sites for hydroxylation is 2. The molecule has 2 heterocycles. The molecule has 3 atom stereocenters. The van der Waals surface area contributed by atoms with Gasteiger partial charge in [0.25, 0.3) is 0 Å². The van der Waals surface area contributed by atoms with E-state index >= 15 is 0 Å². The summed E-state index contributed by atoms with van der Waals surface area (Å²) in [5, 5.41) is 7.67. The molecule has 0 radical (unpaired) electrons. The number of benzene rings is 1. The lowest BCUT2D eigenvalue weighted by molar-refractivity contribution is -0.143. The van der Waals surface area contributed by atoms with Gasteiger partial charge in [-0.25, -0.2) is 0 Å². The topological polar surface area (TPSA) is 84.2 Å². The van der Waals surface area contributed by atoms with E-state index in [-0.39, 0.29) is 11.8 Å². The van der Waals surface area contributed by atoms with Gasteiger partial charge in [0.1, 0.15) is 6.61 Å². The summed E-state index contributed by atoms with van der Waals surface area (Å²) in [5.74, 6) is 1.51. The lowest BCUT2D eigenvalue weighted by Crippen LogP contribution is -2.47. The van der Waals surface area contributed by atoms with Crippen molar-refractivity contribution in [2.24, 2.45) is 17.1 Å². The fraction of sp³-hybridized carbons (Fsp3) is 0.600. The van der Waals surface area contributed by atoms with E-state index in [0.29, 0.717) is 31.0 Å². The van der Waals surface area contributed by atoms with Crippen LogP contribution in [0.5, 0.6) is 5.88 Å². The molecule has 2 aliphatic rings. The second kappa shape index (κ2) is 8.30. The minimum atomic E-state index is -0.604. The third-order valence-corrected chi connectivity index (χ3v) is 6.94. The van der Waals surface area contributed by atoms with E-state index in [9.17, 15) is 4.79 Å². The van der Waals surface area contributed by atoms with Crippen LogP contribution in [0.4, 0.5) is 0 Å². The number of hydrogen-bond acceptors (Lipinski definition) is 4. The number of likely N-dealkylation sites (tertiary alicyclic amines) is 1. The second-order valence-corrected chi connectivity index (χ2v) is 10.3. The predicted molar refractivity (Wildman–Crippen MR) is 123 cm³/mol. The zero-order valence-electron chi connectivity index (χ0n) is 19.5. The van der Waals surface area contributed by atoms with Crippen molar-refractivity contribution in [2.45, 2.75) is 65.8 Å². The van der Waals surface area contributed by atoms with Crippen LogP contribution in [0.25, 0.3) is 11.3 Å². The summed E-state index contributed by atoms with van der Waals surface area (Å²) < 4.78 is 6.20. The van der Waals surface area contributed by atoms with Gasteiger partial charge in [0.15, 0.2) is 0 Å². The number of ether oxygens (including phenoxy) is 1. The summed E-state index contributed by atoms with van der Waals surface area (Å²) in [6, 6.07) is 6.87. The molecule has 3 N–H and O–H groups in total. The fourth-order valence-corrected chi connectivity index (χ4v) is 5.23. The molecule has 1 saturated heterocycles. The number of aromatic amines is 1. The number of fused-ring (bicyclic) bond motifs is 2. The Balaban J connectivity index is 1.55. The summed E-state index contributed by atoms with van der Waals surface area (Å²) in [6.07, 6.45) is 3.57. The maximum Gasteiger partial charge on any atom is 0.236 e. The monoisotopic (exact) mass is 424 g/mol. The molecule has 2 aromatic rings. The molecule has 0 spiro atoms. The van der Waals surface area contributed by atoms with Gasteiger partial charge in [-0.1, -0.05) is 24.1 Å². The van der Waals surface area contributed by atoms with Crippen molar-refractivity contribution in [3.05, 3.63) is 34.9 Å². The number of nitrogens with zero attached hydrogens (tertiary/aromatic N) is 2. The third kappa shape index (κ3) is 4.22. The fourth-order valence-electron chi connectivity index (χ4n) is 5.23. The number of piperidine rings is 1. The van der Waals surface area contributed by atoms with E-state index < -0.39 is 5.41 Å². The highest BCUT2D eigenvalue weighted by Crippen LogP contribution is 2.40.